The molecule has 0 amide bonds. The fourth-order valence-electron chi connectivity index (χ4n) is 12.6. The van der Waals surface area contributed by atoms with Crippen LogP contribution in [0, 0.1) is 45.8 Å². The number of nitrogens with zero attached hydrogens (tertiary/aromatic N) is 1. The van der Waals surface area contributed by atoms with Crippen LogP contribution in [0.15, 0.2) is 11.6 Å². The Bertz CT molecular complexity index is 1070. The van der Waals surface area contributed by atoms with E-state index >= 15 is 0 Å². The fraction of sp³-hybridized carbons (Fsp3) is 0.946. The fourth-order valence-corrected chi connectivity index (χ4v) is 12.6. The highest BCUT2D eigenvalue weighted by molar-refractivity contribution is 5.35. The molecular weight excluding hydrogens is 554 g/mol. The second-order valence-corrected chi connectivity index (χ2v) is 16.5. The molecule has 7 aliphatic rings. The van der Waals surface area contributed by atoms with Crippen molar-refractivity contribution in [2.75, 3.05) is 66.4 Å². The van der Waals surface area contributed by atoms with Crippen molar-refractivity contribution in [3.63, 3.8) is 0 Å². The van der Waals surface area contributed by atoms with Gasteiger partial charge in [0.1, 0.15) is 0 Å². The van der Waals surface area contributed by atoms with Crippen LogP contribution in [0.5, 0.6) is 0 Å². The number of aliphatic hydroxyl groups excluding tert-OH is 1. The first kappa shape index (κ1) is 32.0. The van der Waals surface area contributed by atoms with Crippen LogP contribution in [0.4, 0.5) is 0 Å². The minimum atomic E-state index is -0.220. The number of ether oxygens (including phenoxy) is 5. The van der Waals surface area contributed by atoms with E-state index < -0.39 is 0 Å². The molecule has 2 spiro atoms. The maximum Gasteiger partial charge on any atom is 0.0787 e. The molecule has 4 saturated carbocycles. The zero-order valence-corrected chi connectivity index (χ0v) is 28.4. The maximum atomic E-state index is 10.4. The summed E-state index contributed by atoms with van der Waals surface area (Å²) in [5.41, 5.74) is 2.66. The van der Waals surface area contributed by atoms with Crippen LogP contribution in [-0.4, -0.2) is 100 Å². The van der Waals surface area contributed by atoms with Gasteiger partial charge in [0, 0.05) is 37.6 Å². The normalized spacial score (nSPS) is 49.2. The standard InChI is InChI=1S/C37H61NO6/c1-25-20-32-33(38(23-25)12-13-41-16-17-43-19-18-42-15-14-40-5)26(2)37(44-32)11-9-30-29-7-6-27-21-28(39)8-10-34(27,3)31(29)22-36(30)24-35(36,37)4/h21,25-26,28-33,39H,6-20,22-24H2,1-5H3/t25-,26+,28-,29-,30?,31-,32+,33?,34-,35?,36?,37?/m0/s1. The molecule has 7 nitrogen and oxygen atoms in total. The van der Waals surface area contributed by atoms with Gasteiger partial charge >= 0.3 is 0 Å². The summed E-state index contributed by atoms with van der Waals surface area (Å²) in [6.45, 7) is 16.7. The van der Waals surface area contributed by atoms with Gasteiger partial charge in [0.05, 0.1) is 64.1 Å². The smallest absolute Gasteiger partial charge is 0.0787 e. The van der Waals surface area contributed by atoms with Crippen LogP contribution < -0.4 is 0 Å². The number of likely N-dealkylation sites (tertiary alicyclic amines) is 1. The van der Waals surface area contributed by atoms with Crippen LogP contribution >= 0.6 is 0 Å². The predicted octanol–water partition coefficient (Wildman–Crippen LogP) is 5.49. The van der Waals surface area contributed by atoms with Crippen molar-refractivity contribution in [1.82, 2.24) is 4.90 Å². The van der Waals surface area contributed by atoms with Crippen molar-refractivity contribution < 1.29 is 28.8 Å². The summed E-state index contributed by atoms with van der Waals surface area (Å²) < 4.78 is 29.7. The Hall–Kier alpha value is -0.540. The SMILES string of the molecule is COCCOCCOCCOCCN1C[C@@H](C)C[C@H]2OC3(CCC4[C@@H]5CCC6=C[C@@H](O)CC[C@]6(C)[C@H]5CC45CC53C)[C@H](C)C21. The average molecular weight is 616 g/mol. The first-order valence-corrected chi connectivity index (χ1v) is 18.2. The lowest BCUT2D eigenvalue weighted by molar-refractivity contribution is -0.148. The number of methoxy groups -OCH3 is 1. The topological polar surface area (TPSA) is 69.6 Å². The third kappa shape index (κ3) is 4.92. The molecule has 2 saturated heterocycles. The van der Waals surface area contributed by atoms with Crippen LogP contribution in [0.1, 0.15) is 85.5 Å². The van der Waals surface area contributed by atoms with E-state index in [9.17, 15) is 5.11 Å². The number of fused-ring (bicyclic) bond motifs is 6. The van der Waals surface area contributed by atoms with Crippen molar-refractivity contribution in [2.24, 2.45) is 45.8 Å². The van der Waals surface area contributed by atoms with Crippen molar-refractivity contribution >= 4 is 0 Å². The predicted molar refractivity (Wildman–Crippen MR) is 170 cm³/mol. The van der Waals surface area contributed by atoms with Gasteiger partial charge in [-0.2, -0.15) is 0 Å². The summed E-state index contributed by atoms with van der Waals surface area (Å²) in [5, 5.41) is 10.4. The van der Waals surface area contributed by atoms with Crippen LogP contribution in [-0.2, 0) is 23.7 Å². The molecule has 0 aromatic rings. The van der Waals surface area contributed by atoms with E-state index in [2.05, 4.69) is 38.7 Å². The molecule has 6 fully saturated rings. The first-order chi connectivity index (χ1) is 21.2. The van der Waals surface area contributed by atoms with Gasteiger partial charge in [-0.25, -0.2) is 0 Å². The molecule has 2 aliphatic heterocycles. The Morgan fingerprint density at radius 1 is 0.932 bits per heavy atom. The molecule has 5 unspecified atom stereocenters. The van der Waals surface area contributed by atoms with Crippen LogP contribution in [0.2, 0.25) is 0 Å². The maximum absolute atomic E-state index is 10.4. The Balaban J connectivity index is 0.984. The summed E-state index contributed by atoms with van der Waals surface area (Å²) >= 11 is 0. The number of aliphatic hydroxyl groups is 1. The van der Waals surface area contributed by atoms with Gasteiger partial charge in [0.2, 0.25) is 0 Å². The van der Waals surface area contributed by atoms with E-state index in [-0.39, 0.29) is 11.7 Å². The largest absolute Gasteiger partial charge is 0.389 e. The average Bonchev–Trinajstić information content (AvgIpc) is 3.34. The highest BCUT2D eigenvalue weighted by Crippen LogP contribution is 2.87. The number of hydrogen-bond donors (Lipinski definition) is 1. The Kier molecular flexibility index (Phi) is 8.85. The molecule has 12 atom stereocenters. The van der Waals surface area contributed by atoms with Crippen LogP contribution in [0.25, 0.3) is 0 Å². The second kappa shape index (κ2) is 12.2. The Morgan fingerprint density at radius 3 is 2.41 bits per heavy atom. The Labute approximate surface area is 266 Å². The van der Waals surface area contributed by atoms with E-state index in [0.29, 0.717) is 79.9 Å². The van der Waals surface area contributed by atoms with Gasteiger partial charge in [-0.05, 0) is 92.3 Å². The molecule has 0 radical (unpaired) electrons. The second-order valence-electron chi connectivity index (χ2n) is 16.5. The van der Waals surface area contributed by atoms with Crippen LogP contribution in [0.3, 0.4) is 0 Å². The minimum Gasteiger partial charge on any atom is -0.389 e. The van der Waals surface area contributed by atoms with Gasteiger partial charge in [-0.1, -0.05) is 39.3 Å². The van der Waals surface area contributed by atoms with E-state index in [4.69, 9.17) is 23.7 Å². The number of piperidine rings is 1. The van der Waals surface area contributed by atoms with Gasteiger partial charge in [0.15, 0.2) is 0 Å². The summed E-state index contributed by atoms with van der Waals surface area (Å²) in [5.74, 6) is 3.72. The van der Waals surface area contributed by atoms with E-state index in [1.165, 1.54) is 51.4 Å². The zero-order valence-electron chi connectivity index (χ0n) is 28.4. The van der Waals surface area contributed by atoms with Crippen molar-refractivity contribution in [3.05, 3.63) is 11.6 Å². The monoisotopic (exact) mass is 615 g/mol. The molecule has 0 aromatic heterocycles. The van der Waals surface area contributed by atoms with Gasteiger partial charge in [0.25, 0.3) is 0 Å². The highest BCUT2D eigenvalue weighted by atomic mass is 16.6. The molecule has 1 N–H and O–H groups in total. The summed E-state index contributed by atoms with van der Waals surface area (Å²) in [7, 11) is 1.69. The summed E-state index contributed by atoms with van der Waals surface area (Å²) in [6.07, 6.45) is 13.6. The molecule has 5 aliphatic carbocycles. The lowest BCUT2D eigenvalue weighted by atomic mass is 9.56. The van der Waals surface area contributed by atoms with E-state index in [1.807, 2.05) is 0 Å². The zero-order chi connectivity index (χ0) is 30.7. The first-order valence-electron chi connectivity index (χ1n) is 18.2. The van der Waals surface area contributed by atoms with Gasteiger partial charge in [-0.3, -0.25) is 4.90 Å². The lowest BCUT2D eigenvalue weighted by Crippen LogP contribution is -2.55. The van der Waals surface area contributed by atoms with Crippen molar-refractivity contribution in [1.29, 1.82) is 0 Å². The quantitative estimate of drug-likeness (QED) is 0.230. The van der Waals surface area contributed by atoms with E-state index in [1.54, 1.807) is 12.7 Å². The molecule has 44 heavy (non-hydrogen) atoms. The van der Waals surface area contributed by atoms with Gasteiger partial charge < -0.3 is 28.8 Å². The Morgan fingerprint density at radius 2 is 1.66 bits per heavy atom. The number of rotatable bonds is 12. The van der Waals surface area contributed by atoms with E-state index in [0.717, 1.165) is 43.9 Å². The summed E-state index contributed by atoms with van der Waals surface area (Å²) in [6, 6.07) is 0.497. The molecule has 250 valence electrons. The van der Waals surface area contributed by atoms with Crippen molar-refractivity contribution in [3.8, 4) is 0 Å². The summed E-state index contributed by atoms with van der Waals surface area (Å²) in [4.78, 5) is 2.74. The minimum absolute atomic E-state index is 0.0109. The number of allylic oxidation sites excluding steroid dienone is 1. The third-order valence-corrected chi connectivity index (χ3v) is 14.7. The van der Waals surface area contributed by atoms with Gasteiger partial charge in [-0.15, -0.1) is 0 Å². The lowest BCUT2D eigenvalue weighted by Gasteiger charge is -2.50. The molecule has 0 aromatic carbocycles. The highest BCUT2D eigenvalue weighted by Gasteiger charge is 2.84. The third-order valence-electron chi connectivity index (χ3n) is 14.7. The molecule has 7 heteroatoms. The molecule has 2 heterocycles. The molecular formula is C37H61NO6. The van der Waals surface area contributed by atoms with Crippen molar-refractivity contribution in [2.45, 2.75) is 109 Å². The number of hydrogen-bond acceptors (Lipinski definition) is 7. The molecule has 0 bridgehead atoms. The molecule has 7 rings (SSSR count).